The van der Waals surface area contributed by atoms with Crippen molar-refractivity contribution in [2.45, 2.75) is 34.2 Å². The molecule has 0 radical (unpaired) electrons. The predicted molar refractivity (Wildman–Crippen MR) is 80.8 cm³/mol. The summed E-state index contributed by atoms with van der Waals surface area (Å²) in [6.45, 7) is 9.46. The van der Waals surface area contributed by atoms with E-state index in [0.717, 1.165) is 0 Å². The van der Waals surface area contributed by atoms with Crippen molar-refractivity contribution in [3.63, 3.8) is 0 Å². The summed E-state index contributed by atoms with van der Waals surface area (Å²) >= 11 is 0. The summed E-state index contributed by atoms with van der Waals surface area (Å²) in [6.07, 6.45) is 0. The number of aromatic nitrogens is 4. The van der Waals surface area contributed by atoms with Crippen LogP contribution in [0.2, 0.25) is 0 Å². The van der Waals surface area contributed by atoms with E-state index in [-0.39, 0.29) is 5.82 Å². The highest BCUT2D eigenvalue weighted by Crippen LogP contribution is 2.25. The maximum Gasteiger partial charge on any atom is 0.182 e. The summed E-state index contributed by atoms with van der Waals surface area (Å²) in [7, 11) is 0. The second-order valence-corrected chi connectivity index (χ2v) is 6.11. The van der Waals surface area contributed by atoms with Gasteiger partial charge in [0.25, 0.3) is 0 Å². The number of anilines is 1. The van der Waals surface area contributed by atoms with Crippen LogP contribution < -0.4 is 5.73 Å². The number of nitrogen functional groups attached to an aromatic ring is 1. The first-order chi connectivity index (χ1) is 9.88. The second-order valence-electron chi connectivity index (χ2n) is 6.11. The largest absolute Gasteiger partial charge is 0.399 e. The zero-order chi connectivity index (χ0) is 15.6. The SMILES string of the molecule is CC(C)C(Cn1nnnc1-c1cc(N)cc(F)c1)C(C)C. The Morgan fingerprint density at radius 2 is 1.81 bits per heavy atom. The molecule has 0 atom stereocenters. The van der Waals surface area contributed by atoms with Gasteiger partial charge < -0.3 is 5.73 Å². The van der Waals surface area contributed by atoms with Crippen LogP contribution in [0.1, 0.15) is 27.7 Å². The number of nitrogens with zero attached hydrogens (tertiary/aromatic N) is 4. The monoisotopic (exact) mass is 291 g/mol. The molecule has 5 nitrogen and oxygen atoms in total. The molecular formula is C15H22FN5. The van der Waals surface area contributed by atoms with E-state index >= 15 is 0 Å². The molecule has 1 aromatic heterocycles. The molecule has 0 aliphatic rings. The molecule has 1 aromatic carbocycles. The summed E-state index contributed by atoms with van der Waals surface area (Å²) in [5.41, 5.74) is 6.66. The van der Waals surface area contributed by atoms with Gasteiger partial charge in [0, 0.05) is 17.8 Å². The molecule has 0 fully saturated rings. The van der Waals surface area contributed by atoms with Crippen molar-refractivity contribution in [2.75, 3.05) is 5.73 Å². The molecule has 2 N–H and O–H groups in total. The molecule has 21 heavy (non-hydrogen) atoms. The Labute approximate surface area is 124 Å². The van der Waals surface area contributed by atoms with Gasteiger partial charge in [0.2, 0.25) is 0 Å². The Balaban J connectivity index is 2.34. The Morgan fingerprint density at radius 1 is 1.14 bits per heavy atom. The fourth-order valence-electron chi connectivity index (χ4n) is 2.67. The van der Waals surface area contributed by atoms with Crippen molar-refractivity contribution in [3.05, 3.63) is 24.0 Å². The highest BCUT2D eigenvalue weighted by atomic mass is 19.1. The van der Waals surface area contributed by atoms with Crippen molar-refractivity contribution < 1.29 is 4.39 Å². The molecule has 6 heteroatoms. The Kier molecular flexibility index (Phi) is 4.55. The number of rotatable bonds is 5. The third-order valence-corrected chi connectivity index (χ3v) is 3.81. The quantitative estimate of drug-likeness (QED) is 0.860. The molecule has 114 valence electrons. The second kappa shape index (κ2) is 6.20. The van der Waals surface area contributed by atoms with Crippen LogP contribution in [-0.2, 0) is 6.54 Å². The van der Waals surface area contributed by atoms with Gasteiger partial charge in [-0.1, -0.05) is 27.7 Å². The summed E-state index contributed by atoms with van der Waals surface area (Å²) in [5.74, 6) is 1.63. The van der Waals surface area contributed by atoms with Crippen molar-refractivity contribution in [1.29, 1.82) is 0 Å². The molecule has 0 saturated heterocycles. The van der Waals surface area contributed by atoms with Crippen molar-refractivity contribution in [2.24, 2.45) is 17.8 Å². The van der Waals surface area contributed by atoms with E-state index in [0.29, 0.717) is 41.4 Å². The fraction of sp³-hybridized carbons (Fsp3) is 0.533. The van der Waals surface area contributed by atoms with Gasteiger partial charge in [-0.2, -0.15) is 0 Å². The van der Waals surface area contributed by atoms with Crippen molar-refractivity contribution in [1.82, 2.24) is 20.2 Å². The lowest BCUT2D eigenvalue weighted by Gasteiger charge is -2.24. The van der Waals surface area contributed by atoms with E-state index in [4.69, 9.17) is 5.73 Å². The fourth-order valence-corrected chi connectivity index (χ4v) is 2.67. The number of benzene rings is 1. The summed E-state index contributed by atoms with van der Waals surface area (Å²) < 4.78 is 15.2. The number of hydrogen-bond donors (Lipinski definition) is 1. The van der Waals surface area contributed by atoms with Gasteiger partial charge in [-0.3, -0.25) is 0 Å². The molecule has 0 bridgehead atoms. The first kappa shape index (κ1) is 15.4. The minimum Gasteiger partial charge on any atom is -0.399 e. The van der Waals surface area contributed by atoms with E-state index in [1.165, 1.54) is 12.1 Å². The Hall–Kier alpha value is -1.98. The highest BCUT2D eigenvalue weighted by molar-refractivity contribution is 5.61. The van der Waals surface area contributed by atoms with Crippen molar-refractivity contribution >= 4 is 5.69 Å². The molecule has 0 unspecified atom stereocenters. The smallest absolute Gasteiger partial charge is 0.182 e. The van der Waals surface area contributed by atoms with Gasteiger partial charge in [-0.25, -0.2) is 9.07 Å². The average molecular weight is 291 g/mol. The van der Waals surface area contributed by atoms with E-state index < -0.39 is 0 Å². The van der Waals surface area contributed by atoms with Crippen LogP contribution in [0.5, 0.6) is 0 Å². The summed E-state index contributed by atoms with van der Waals surface area (Å²) in [5, 5.41) is 11.8. The highest BCUT2D eigenvalue weighted by Gasteiger charge is 2.21. The standard InChI is InChI=1S/C15H22FN5/c1-9(2)14(10(3)4)8-21-15(18-19-20-21)11-5-12(16)7-13(17)6-11/h5-7,9-10,14H,8,17H2,1-4H3. The summed E-state index contributed by atoms with van der Waals surface area (Å²) in [6, 6.07) is 4.37. The lowest BCUT2D eigenvalue weighted by atomic mass is 9.85. The molecule has 0 aliphatic carbocycles. The first-order valence-corrected chi connectivity index (χ1v) is 7.21. The molecule has 0 amide bonds. The molecule has 0 saturated carbocycles. The maximum absolute atomic E-state index is 13.5. The minimum absolute atomic E-state index is 0.365. The van der Waals surface area contributed by atoms with Gasteiger partial charge in [0.1, 0.15) is 5.82 Å². The normalized spacial score (nSPS) is 11.8. The molecule has 0 aliphatic heterocycles. The summed E-state index contributed by atoms with van der Waals surface area (Å²) in [4.78, 5) is 0. The third-order valence-electron chi connectivity index (χ3n) is 3.81. The van der Waals surface area contributed by atoms with Gasteiger partial charge in [-0.05, 0) is 46.4 Å². The van der Waals surface area contributed by atoms with E-state index in [1.807, 2.05) is 0 Å². The third kappa shape index (κ3) is 3.56. The van der Waals surface area contributed by atoms with Gasteiger partial charge in [0.15, 0.2) is 5.82 Å². The Morgan fingerprint density at radius 3 is 2.38 bits per heavy atom. The number of nitrogens with two attached hydrogens (primary N) is 1. The Bertz CT molecular complexity index is 578. The van der Waals surface area contributed by atoms with Crippen LogP contribution in [-0.4, -0.2) is 20.2 Å². The van der Waals surface area contributed by atoms with E-state index in [9.17, 15) is 4.39 Å². The molecular weight excluding hydrogens is 269 g/mol. The lowest BCUT2D eigenvalue weighted by Crippen LogP contribution is -2.23. The molecule has 0 spiro atoms. The number of hydrogen-bond acceptors (Lipinski definition) is 4. The number of halogens is 1. The van der Waals surface area contributed by atoms with Gasteiger partial charge >= 0.3 is 0 Å². The predicted octanol–water partition coefficient (Wildman–Crippen LogP) is 2.99. The minimum atomic E-state index is -0.385. The van der Waals surface area contributed by atoms with E-state index in [2.05, 4.69) is 43.2 Å². The zero-order valence-corrected chi connectivity index (χ0v) is 12.9. The molecule has 2 aromatic rings. The topological polar surface area (TPSA) is 69.6 Å². The van der Waals surface area contributed by atoms with Crippen LogP contribution >= 0.6 is 0 Å². The van der Waals surface area contributed by atoms with E-state index in [1.54, 1.807) is 10.7 Å². The maximum atomic E-state index is 13.5. The average Bonchev–Trinajstić information content (AvgIpc) is 2.81. The van der Waals surface area contributed by atoms with Crippen LogP contribution in [0.15, 0.2) is 18.2 Å². The number of tetrazole rings is 1. The van der Waals surface area contributed by atoms with Crippen LogP contribution in [0.3, 0.4) is 0 Å². The van der Waals surface area contributed by atoms with Gasteiger partial charge in [-0.15, -0.1) is 5.10 Å². The lowest BCUT2D eigenvalue weighted by molar-refractivity contribution is 0.242. The van der Waals surface area contributed by atoms with Crippen LogP contribution in [0.4, 0.5) is 10.1 Å². The van der Waals surface area contributed by atoms with Crippen LogP contribution in [0, 0.1) is 23.6 Å². The zero-order valence-electron chi connectivity index (χ0n) is 12.9. The molecule has 1 heterocycles. The first-order valence-electron chi connectivity index (χ1n) is 7.21. The van der Waals surface area contributed by atoms with Crippen LogP contribution in [0.25, 0.3) is 11.4 Å². The van der Waals surface area contributed by atoms with Crippen molar-refractivity contribution in [3.8, 4) is 11.4 Å². The van der Waals surface area contributed by atoms with Gasteiger partial charge in [0.05, 0.1) is 0 Å². The molecule has 2 rings (SSSR count).